The number of aromatic amines is 1. The van der Waals surface area contributed by atoms with Gasteiger partial charge in [0, 0.05) is 6.54 Å². The van der Waals surface area contributed by atoms with Crippen molar-refractivity contribution < 1.29 is 4.79 Å². The molecule has 0 aliphatic carbocycles. The van der Waals surface area contributed by atoms with E-state index in [9.17, 15) is 4.79 Å². The molecule has 1 amide bonds. The van der Waals surface area contributed by atoms with Crippen molar-refractivity contribution in [3.8, 4) is 0 Å². The Bertz CT molecular complexity index is 501. The highest BCUT2D eigenvalue weighted by molar-refractivity contribution is 5.91. The minimum absolute atomic E-state index is 0.256. The lowest BCUT2D eigenvalue weighted by molar-refractivity contribution is 0.0947. The number of carbonyl (C=O) groups is 1. The lowest BCUT2D eigenvalue weighted by atomic mass is 10.4. The minimum Gasteiger partial charge on any atom is -0.349 e. The predicted molar refractivity (Wildman–Crippen MR) is 58.2 cm³/mol. The van der Waals surface area contributed by atoms with Crippen LogP contribution in [0.4, 0.5) is 0 Å². The van der Waals surface area contributed by atoms with Crippen LogP contribution in [-0.2, 0) is 6.54 Å². The van der Waals surface area contributed by atoms with Crippen molar-refractivity contribution in [1.29, 1.82) is 0 Å². The molecule has 0 spiro atoms. The fourth-order valence-electron chi connectivity index (χ4n) is 1.45. The van der Waals surface area contributed by atoms with Crippen molar-refractivity contribution in [1.82, 2.24) is 35.5 Å². The maximum Gasteiger partial charge on any atom is 0.273 e. The van der Waals surface area contributed by atoms with Crippen LogP contribution in [0.25, 0.3) is 0 Å². The van der Waals surface area contributed by atoms with Gasteiger partial charge in [0.25, 0.3) is 5.91 Å². The van der Waals surface area contributed by atoms with Gasteiger partial charge in [0.05, 0.1) is 12.7 Å². The second kappa shape index (κ2) is 4.73. The highest BCUT2D eigenvalue weighted by Gasteiger charge is 2.08. The first-order valence-electron chi connectivity index (χ1n) is 5.19. The number of nitrogens with zero attached hydrogens (tertiary/aromatic N) is 5. The first-order chi connectivity index (χ1) is 8.16. The van der Waals surface area contributed by atoms with Gasteiger partial charge >= 0.3 is 0 Å². The molecule has 0 saturated heterocycles. The molecule has 2 rings (SSSR count). The quantitative estimate of drug-likeness (QED) is 0.739. The highest BCUT2D eigenvalue weighted by atomic mass is 16.1. The number of hydrogen-bond donors (Lipinski definition) is 2. The van der Waals surface area contributed by atoms with Gasteiger partial charge in [-0.25, -0.2) is 9.67 Å². The summed E-state index contributed by atoms with van der Waals surface area (Å²) >= 11 is 0. The molecule has 0 bridgehead atoms. The number of H-pyrrole nitrogens is 1. The van der Waals surface area contributed by atoms with Crippen molar-refractivity contribution in [2.75, 3.05) is 6.54 Å². The fourth-order valence-corrected chi connectivity index (χ4v) is 1.45. The molecule has 90 valence electrons. The van der Waals surface area contributed by atoms with Crippen molar-refractivity contribution in [2.45, 2.75) is 20.4 Å². The summed E-state index contributed by atoms with van der Waals surface area (Å²) in [6.07, 6.45) is 1.38. The van der Waals surface area contributed by atoms with Crippen LogP contribution in [0.15, 0.2) is 6.20 Å². The van der Waals surface area contributed by atoms with E-state index in [4.69, 9.17) is 0 Å². The molecule has 0 unspecified atom stereocenters. The molecule has 2 aromatic rings. The number of amides is 1. The third-order valence-electron chi connectivity index (χ3n) is 2.22. The Hall–Kier alpha value is -2.25. The summed E-state index contributed by atoms with van der Waals surface area (Å²) in [5.74, 6) is 1.30. The summed E-state index contributed by atoms with van der Waals surface area (Å²) < 4.78 is 1.75. The molecule has 8 nitrogen and oxygen atoms in total. The second-order valence-corrected chi connectivity index (χ2v) is 3.54. The van der Waals surface area contributed by atoms with Crippen LogP contribution in [0.1, 0.15) is 22.1 Å². The van der Waals surface area contributed by atoms with E-state index in [2.05, 4.69) is 30.8 Å². The van der Waals surface area contributed by atoms with Gasteiger partial charge in [0.1, 0.15) is 11.6 Å². The Kier molecular flexibility index (Phi) is 3.12. The molecule has 2 aromatic heterocycles. The van der Waals surface area contributed by atoms with Crippen LogP contribution in [0, 0.1) is 13.8 Å². The molecule has 0 radical (unpaired) electrons. The van der Waals surface area contributed by atoms with E-state index < -0.39 is 0 Å². The third-order valence-corrected chi connectivity index (χ3v) is 2.22. The van der Waals surface area contributed by atoms with Gasteiger partial charge in [-0.1, -0.05) is 0 Å². The van der Waals surface area contributed by atoms with Crippen LogP contribution < -0.4 is 5.32 Å². The molecule has 17 heavy (non-hydrogen) atoms. The summed E-state index contributed by atoms with van der Waals surface area (Å²) in [6, 6.07) is 0. The van der Waals surface area contributed by atoms with Gasteiger partial charge in [0.2, 0.25) is 0 Å². The molecular formula is C9H13N7O. The monoisotopic (exact) mass is 235 g/mol. The van der Waals surface area contributed by atoms with Crippen LogP contribution in [0.3, 0.4) is 0 Å². The van der Waals surface area contributed by atoms with E-state index in [-0.39, 0.29) is 11.6 Å². The van der Waals surface area contributed by atoms with Gasteiger partial charge in [-0.2, -0.15) is 20.5 Å². The topological polar surface area (TPSA) is 101 Å². The smallest absolute Gasteiger partial charge is 0.273 e. The number of aryl methyl sites for hydroxylation is 2. The lowest BCUT2D eigenvalue weighted by Crippen LogP contribution is -2.28. The van der Waals surface area contributed by atoms with Crippen molar-refractivity contribution >= 4 is 5.91 Å². The third kappa shape index (κ3) is 2.65. The average Bonchev–Trinajstić information content (AvgIpc) is 2.89. The van der Waals surface area contributed by atoms with E-state index in [1.807, 2.05) is 13.8 Å². The van der Waals surface area contributed by atoms with Gasteiger partial charge in [-0.3, -0.25) is 4.79 Å². The number of rotatable bonds is 4. The van der Waals surface area contributed by atoms with Gasteiger partial charge in [-0.15, -0.1) is 0 Å². The molecule has 0 fully saturated rings. The molecule has 0 aliphatic rings. The fraction of sp³-hybridized carbons (Fsp3) is 0.444. The SMILES string of the molecule is Cc1nc(C)n(CCNC(=O)c2cn[nH]n2)n1. The Labute approximate surface area is 97.4 Å². The molecule has 0 atom stereocenters. The maximum atomic E-state index is 11.5. The maximum absolute atomic E-state index is 11.5. The predicted octanol–water partition coefficient (Wildman–Crippen LogP) is -0.557. The Morgan fingerprint density at radius 1 is 1.53 bits per heavy atom. The summed E-state index contributed by atoms with van der Waals surface area (Å²) in [5.41, 5.74) is 0.275. The molecule has 2 heterocycles. The zero-order valence-electron chi connectivity index (χ0n) is 9.64. The van der Waals surface area contributed by atoms with E-state index in [1.165, 1.54) is 6.20 Å². The van der Waals surface area contributed by atoms with E-state index in [1.54, 1.807) is 4.68 Å². The van der Waals surface area contributed by atoms with Crippen molar-refractivity contribution in [2.24, 2.45) is 0 Å². The van der Waals surface area contributed by atoms with E-state index >= 15 is 0 Å². The first-order valence-corrected chi connectivity index (χ1v) is 5.19. The summed E-state index contributed by atoms with van der Waals surface area (Å²) in [5, 5.41) is 16.5. The largest absolute Gasteiger partial charge is 0.349 e. The van der Waals surface area contributed by atoms with Crippen LogP contribution >= 0.6 is 0 Å². The molecule has 2 N–H and O–H groups in total. The Morgan fingerprint density at radius 2 is 2.35 bits per heavy atom. The minimum atomic E-state index is -0.256. The number of hydrogen-bond acceptors (Lipinski definition) is 5. The average molecular weight is 235 g/mol. The molecule has 0 saturated carbocycles. The second-order valence-electron chi connectivity index (χ2n) is 3.54. The standard InChI is InChI=1S/C9H13N7O/c1-6-12-7(2)16(14-6)4-3-10-9(17)8-5-11-15-13-8/h5H,3-4H2,1-2H3,(H,10,17)(H,11,13,15). The zero-order valence-corrected chi connectivity index (χ0v) is 9.64. The van der Waals surface area contributed by atoms with Crippen LogP contribution in [-0.4, -0.2) is 42.6 Å². The van der Waals surface area contributed by atoms with Gasteiger partial charge < -0.3 is 5.32 Å². The summed E-state index contributed by atoms with van der Waals surface area (Å²) in [4.78, 5) is 15.7. The summed E-state index contributed by atoms with van der Waals surface area (Å²) in [7, 11) is 0. The van der Waals surface area contributed by atoms with Crippen LogP contribution in [0.5, 0.6) is 0 Å². The Morgan fingerprint density at radius 3 is 2.94 bits per heavy atom. The molecule has 0 aliphatic heterocycles. The molecule has 8 heteroatoms. The lowest BCUT2D eigenvalue weighted by Gasteiger charge is -2.04. The summed E-state index contributed by atoms with van der Waals surface area (Å²) in [6.45, 7) is 4.75. The van der Waals surface area contributed by atoms with E-state index in [0.29, 0.717) is 13.1 Å². The highest BCUT2D eigenvalue weighted by Crippen LogP contribution is 1.95. The number of aromatic nitrogens is 6. The van der Waals surface area contributed by atoms with Gasteiger partial charge in [0.15, 0.2) is 5.69 Å². The normalized spacial score (nSPS) is 10.5. The Balaban J connectivity index is 1.84. The molecular weight excluding hydrogens is 222 g/mol. The zero-order chi connectivity index (χ0) is 12.3. The molecule has 0 aromatic carbocycles. The van der Waals surface area contributed by atoms with Crippen molar-refractivity contribution in [3.63, 3.8) is 0 Å². The number of carbonyl (C=O) groups excluding carboxylic acids is 1. The van der Waals surface area contributed by atoms with Crippen LogP contribution in [0.2, 0.25) is 0 Å². The van der Waals surface area contributed by atoms with E-state index in [0.717, 1.165) is 11.6 Å². The first kappa shape index (κ1) is 11.2. The van der Waals surface area contributed by atoms with Crippen molar-refractivity contribution in [3.05, 3.63) is 23.5 Å². The number of nitrogens with one attached hydrogen (secondary N) is 2. The van der Waals surface area contributed by atoms with Gasteiger partial charge in [-0.05, 0) is 13.8 Å².